The summed E-state index contributed by atoms with van der Waals surface area (Å²) in [4.78, 5) is 49.4. The Hall–Kier alpha value is 1.52. The maximum Gasteiger partial charge on any atom is 1.00 e. The molecule has 0 aromatic carbocycles. The predicted octanol–water partition coefficient (Wildman–Crippen LogP) is -16.1. The Labute approximate surface area is 280 Å². The average molecular weight is 528 g/mol. The van der Waals surface area contributed by atoms with E-state index in [9.17, 15) is 39.6 Å². The van der Waals surface area contributed by atoms with Gasteiger partial charge in [-0.05, 0) is 37.5 Å². The van der Waals surface area contributed by atoms with Crippen LogP contribution in [0.15, 0.2) is 9.98 Å². The number of aliphatic imine (C=N–C) groups is 2. The van der Waals surface area contributed by atoms with Crippen LogP contribution < -0.4 is 139 Å². The van der Waals surface area contributed by atoms with Crippen LogP contribution in [0.4, 0.5) is 0 Å². The summed E-state index contributed by atoms with van der Waals surface area (Å²) in [7, 11) is 1.74. The third-order valence-corrected chi connectivity index (χ3v) is 5.18. The van der Waals surface area contributed by atoms with Crippen LogP contribution in [0.25, 0.3) is 0 Å². The summed E-state index contributed by atoms with van der Waals surface area (Å²) >= 11 is 0. The Bertz CT molecular complexity index is 601. The van der Waals surface area contributed by atoms with Gasteiger partial charge in [0.2, 0.25) is 0 Å². The molecule has 0 aromatic rings. The van der Waals surface area contributed by atoms with Crippen molar-refractivity contribution < 1.29 is 168 Å². The standard InChI is InChI=1S/C14H20N2O10S2.4Na/c17-9(1-3-11(19)20)15-7(13(23)24)5-27-28-6-8(14(25)26)16-10(18)2-4-12(21)22;;;;/h7-8H,1-6H2,(H,15,17)(H,16,18)(H,19,20)(H,21,22)(H,23,24)(H,25,26);;;;/q;4*+1/p-4/t7-,8-;;;;/m0..../s1. The first kappa shape index (κ1) is 43.6. The summed E-state index contributed by atoms with van der Waals surface area (Å²) in [6.45, 7) is 0. The van der Waals surface area contributed by atoms with Crippen LogP contribution >= 0.6 is 21.6 Å². The van der Waals surface area contributed by atoms with E-state index in [4.69, 9.17) is 10.2 Å². The number of carbonyl (C=O) groups excluding carboxylic acids is 2. The van der Waals surface area contributed by atoms with Gasteiger partial charge < -0.3 is 40.2 Å². The number of hydrogen-bond acceptors (Lipinski definition) is 12. The van der Waals surface area contributed by atoms with Crippen molar-refractivity contribution >= 4 is 57.3 Å². The second-order valence-corrected chi connectivity index (χ2v) is 7.62. The van der Waals surface area contributed by atoms with Crippen molar-refractivity contribution in [3.8, 4) is 0 Å². The van der Waals surface area contributed by atoms with Crippen LogP contribution in [-0.4, -0.2) is 69.5 Å². The number of rotatable bonds is 15. The summed E-state index contributed by atoms with van der Waals surface area (Å²) in [6, 6.07) is -2.92. The van der Waals surface area contributed by atoms with Gasteiger partial charge in [-0.1, -0.05) is 21.6 Å². The zero-order valence-corrected chi connectivity index (χ0v) is 27.9. The maximum atomic E-state index is 11.4. The summed E-state index contributed by atoms with van der Waals surface area (Å²) in [5.74, 6) is -8.07. The van der Waals surface area contributed by atoms with Crippen molar-refractivity contribution in [3.05, 3.63) is 0 Å². The van der Waals surface area contributed by atoms with Crippen molar-refractivity contribution in [1.29, 1.82) is 0 Å². The summed E-state index contributed by atoms with van der Waals surface area (Å²) < 4.78 is 0. The van der Waals surface area contributed by atoms with Gasteiger partial charge >= 0.3 is 130 Å². The normalized spacial score (nSPS) is 12.5. The first-order valence-corrected chi connectivity index (χ1v) is 10.1. The summed E-state index contributed by atoms with van der Waals surface area (Å²) in [5.41, 5.74) is 0. The summed E-state index contributed by atoms with van der Waals surface area (Å²) in [6.07, 6.45) is -2.19. The average Bonchev–Trinajstić information content (AvgIpc) is 2.59. The third kappa shape index (κ3) is 24.6. The van der Waals surface area contributed by atoms with Gasteiger partial charge in [-0.3, -0.25) is 9.98 Å². The quantitative estimate of drug-likeness (QED) is 0.0664. The van der Waals surface area contributed by atoms with Crippen LogP contribution in [0, 0.1) is 0 Å². The molecule has 2 atom stereocenters. The van der Waals surface area contributed by atoms with E-state index < -0.39 is 73.4 Å². The van der Waals surface area contributed by atoms with E-state index in [1.807, 2.05) is 0 Å². The van der Waals surface area contributed by atoms with Gasteiger partial charge in [0.25, 0.3) is 0 Å². The van der Waals surface area contributed by atoms with E-state index in [1.165, 1.54) is 0 Å². The number of hydrogen-bond donors (Lipinski definition) is 2. The molecule has 0 amide bonds. The number of carboxylic acids is 4. The van der Waals surface area contributed by atoms with Crippen molar-refractivity contribution in [2.24, 2.45) is 9.98 Å². The van der Waals surface area contributed by atoms with Gasteiger partial charge in [-0.15, -0.1) is 0 Å². The SMILES string of the molecule is O=C([O-])CCC([O-])=N[C@@H](CSSC[C@H](N=C([O-])CCC(=O)[O-])C(=O)O)C(=O)O.[Na+].[Na+].[Na+].[Na+]. The molecule has 0 saturated carbocycles. The number of aliphatic carboxylic acids is 4. The molecule has 0 rings (SSSR count). The van der Waals surface area contributed by atoms with Gasteiger partial charge in [-0.2, -0.15) is 0 Å². The van der Waals surface area contributed by atoms with E-state index in [1.54, 1.807) is 0 Å². The predicted molar refractivity (Wildman–Crippen MR) is 91.1 cm³/mol. The molecular weight excluding hydrogens is 512 g/mol. The first-order valence-electron chi connectivity index (χ1n) is 7.60. The zero-order valence-electron chi connectivity index (χ0n) is 18.3. The Balaban J connectivity index is -0.000000607. The van der Waals surface area contributed by atoms with E-state index in [0.717, 1.165) is 21.6 Å². The van der Waals surface area contributed by atoms with E-state index >= 15 is 0 Å². The Morgan fingerprint density at radius 3 is 1.12 bits per heavy atom. The number of nitrogens with zero attached hydrogens (tertiary/aromatic N) is 2. The fourth-order valence-electron chi connectivity index (χ4n) is 1.45. The van der Waals surface area contributed by atoms with Gasteiger partial charge in [0, 0.05) is 23.4 Å². The topological polar surface area (TPSA) is 226 Å². The van der Waals surface area contributed by atoms with Crippen molar-refractivity contribution in [2.45, 2.75) is 37.8 Å². The molecule has 0 aromatic heterocycles. The zero-order chi connectivity index (χ0) is 21.7. The van der Waals surface area contributed by atoms with Crippen molar-refractivity contribution in [3.63, 3.8) is 0 Å². The molecular formula is C14H16N2Na4O10S2. The summed E-state index contributed by atoms with van der Waals surface area (Å²) in [5, 5.41) is 61.4. The molecule has 0 aliphatic carbocycles. The monoisotopic (exact) mass is 528 g/mol. The van der Waals surface area contributed by atoms with E-state index in [2.05, 4.69) is 9.98 Å². The molecule has 158 valence electrons. The smallest absolute Gasteiger partial charge is 0.862 e. The molecule has 0 heterocycles. The Morgan fingerprint density at radius 1 is 0.625 bits per heavy atom. The van der Waals surface area contributed by atoms with Crippen LogP contribution in [0.5, 0.6) is 0 Å². The molecule has 0 saturated heterocycles. The second kappa shape index (κ2) is 25.6. The molecule has 18 heteroatoms. The Kier molecular flexibility index (Phi) is 34.9. The molecule has 0 bridgehead atoms. The largest absolute Gasteiger partial charge is 1.00 e. The number of carboxylic acid groups (broad SMARTS) is 4. The molecule has 0 aliphatic heterocycles. The Morgan fingerprint density at radius 2 is 0.906 bits per heavy atom. The molecule has 0 aliphatic rings. The van der Waals surface area contributed by atoms with Crippen molar-refractivity contribution in [2.75, 3.05) is 11.5 Å². The minimum absolute atomic E-state index is 0. The second-order valence-electron chi connectivity index (χ2n) is 5.07. The maximum absolute atomic E-state index is 11.4. The molecule has 2 N–H and O–H groups in total. The van der Waals surface area contributed by atoms with Gasteiger partial charge in [-0.25, -0.2) is 9.59 Å². The fraction of sp³-hybridized carbons (Fsp3) is 0.571. The molecule has 0 radical (unpaired) electrons. The van der Waals surface area contributed by atoms with Crippen LogP contribution in [0.2, 0.25) is 0 Å². The minimum Gasteiger partial charge on any atom is -0.862 e. The number of carbonyl (C=O) groups is 4. The molecule has 12 nitrogen and oxygen atoms in total. The third-order valence-electron chi connectivity index (χ3n) is 2.79. The van der Waals surface area contributed by atoms with Gasteiger partial charge in [0.05, 0.1) is 0 Å². The molecule has 0 spiro atoms. The first-order chi connectivity index (χ1) is 13.0. The van der Waals surface area contributed by atoms with Crippen LogP contribution in [-0.2, 0) is 19.2 Å². The van der Waals surface area contributed by atoms with Gasteiger partial charge in [0.15, 0.2) is 12.1 Å². The van der Waals surface area contributed by atoms with E-state index in [0.29, 0.717) is 0 Å². The van der Waals surface area contributed by atoms with Crippen molar-refractivity contribution in [1.82, 2.24) is 0 Å². The van der Waals surface area contributed by atoms with Crippen LogP contribution in [0.1, 0.15) is 25.7 Å². The van der Waals surface area contributed by atoms with Gasteiger partial charge in [0.1, 0.15) is 0 Å². The molecule has 0 unspecified atom stereocenters. The fourth-order valence-corrected chi connectivity index (χ4v) is 3.68. The minimum atomic E-state index is -1.47. The van der Waals surface area contributed by atoms with Crippen LogP contribution in [0.3, 0.4) is 0 Å². The molecule has 32 heavy (non-hydrogen) atoms. The molecule has 0 fully saturated rings. The van der Waals surface area contributed by atoms with E-state index in [-0.39, 0.29) is 130 Å².